The molecule has 21 heavy (non-hydrogen) atoms. The Morgan fingerprint density at radius 2 is 2.10 bits per heavy atom. The molecule has 2 heterocycles. The van der Waals surface area contributed by atoms with Crippen molar-refractivity contribution < 1.29 is 8.81 Å². The summed E-state index contributed by atoms with van der Waals surface area (Å²) in [5, 5.41) is 8.11. The van der Waals surface area contributed by atoms with Gasteiger partial charge < -0.3 is 10.2 Å². The topological polar surface area (TPSA) is 68.2 Å². The van der Waals surface area contributed by atoms with Crippen LogP contribution in [0.15, 0.2) is 28.7 Å². The minimum absolute atomic E-state index is 0.280. The van der Waals surface area contributed by atoms with Crippen LogP contribution in [0.25, 0.3) is 11.5 Å². The summed E-state index contributed by atoms with van der Waals surface area (Å²) in [4.78, 5) is 2.31. The zero-order chi connectivity index (χ0) is 14.8. The van der Waals surface area contributed by atoms with Crippen LogP contribution in [0.3, 0.4) is 0 Å². The molecule has 1 aromatic carbocycles. The summed E-state index contributed by atoms with van der Waals surface area (Å²) >= 11 is 0. The van der Waals surface area contributed by atoms with Gasteiger partial charge in [0.15, 0.2) is 0 Å². The van der Waals surface area contributed by atoms with Crippen LogP contribution < -0.4 is 5.73 Å². The van der Waals surface area contributed by atoms with E-state index >= 15 is 0 Å². The molecule has 2 N–H and O–H groups in total. The van der Waals surface area contributed by atoms with Gasteiger partial charge in [-0.1, -0.05) is 0 Å². The van der Waals surface area contributed by atoms with Crippen molar-refractivity contribution in [2.45, 2.75) is 25.9 Å². The Labute approximate surface area is 123 Å². The van der Waals surface area contributed by atoms with Gasteiger partial charge in [-0.2, -0.15) is 0 Å². The zero-order valence-corrected chi connectivity index (χ0v) is 12.0. The maximum atomic E-state index is 12.9. The Hall–Kier alpha value is -1.79. The fourth-order valence-electron chi connectivity index (χ4n) is 2.81. The maximum absolute atomic E-state index is 12.9. The second-order valence-corrected chi connectivity index (χ2v) is 5.62. The summed E-state index contributed by atoms with van der Waals surface area (Å²) in [5.74, 6) is 1.27. The molecule has 112 valence electrons. The van der Waals surface area contributed by atoms with Crippen molar-refractivity contribution in [2.75, 3.05) is 13.1 Å². The van der Waals surface area contributed by atoms with Crippen molar-refractivity contribution in [1.29, 1.82) is 0 Å². The predicted molar refractivity (Wildman–Crippen MR) is 76.7 cm³/mol. The summed E-state index contributed by atoms with van der Waals surface area (Å²) < 4.78 is 18.6. The molecule has 2 aromatic rings. The third-order valence-electron chi connectivity index (χ3n) is 4.02. The second-order valence-electron chi connectivity index (χ2n) is 5.62. The molecule has 1 saturated heterocycles. The molecule has 6 heteroatoms. The van der Waals surface area contributed by atoms with Gasteiger partial charge in [-0.15, -0.1) is 10.2 Å². The Kier molecular flexibility index (Phi) is 3.98. The van der Waals surface area contributed by atoms with Gasteiger partial charge in [0.05, 0.1) is 6.54 Å². The van der Waals surface area contributed by atoms with Gasteiger partial charge in [0.25, 0.3) is 0 Å². The van der Waals surface area contributed by atoms with Crippen LogP contribution in [0, 0.1) is 11.7 Å². The molecule has 0 spiro atoms. The highest BCUT2D eigenvalue weighted by atomic mass is 19.1. The standard InChI is InChI=1S/C15H19FN4O/c1-10-6-11(7-17)8-20(10)9-14-18-19-15(21-14)12-2-4-13(16)5-3-12/h2-5,10-11H,6-9,17H2,1H3. The summed E-state index contributed by atoms with van der Waals surface area (Å²) in [6, 6.07) is 6.51. The van der Waals surface area contributed by atoms with Gasteiger partial charge >= 0.3 is 0 Å². The van der Waals surface area contributed by atoms with E-state index in [9.17, 15) is 4.39 Å². The van der Waals surface area contributed by atoms with Gasteiger partial charge in [0.2, 0.25) is 11.8 Å². The molecule has 1 aliphatic rings. The van der Waals surface area contributed by atoms with Gasteiger partial charge in [-0.25, -0.2) is 4.39 Å². The molecule has 0 aliphatic carbocycles. The third kappa shape index (κ3) is 3.11. The number of hydrogen-bond acceptors (Lipinski definition) is 5. The van der Waals surface area contributed by atoms with Crippen LogP contribution in [0.5, 0.6) is 0 Å². The Morgan fingerprint density at radius 3 is 2.76 bits per heavy atom. The lowest BCUT2D eigenvalue weighted by molar-refractivity contribution is 0.230. The first-order valence-corrected chi connectivity index (χ1v) is 7.18. The number of hydrogen-bond donors (Lipinski definition) is 1. The predicted octanol–water partition coefficient (Wildman–Crippen LogP) is 2.04. The second kappa shape index (κ2) is 5.91. The lowest BCUT2D eigenvalue weighted by Gasteiger charge is -2.18. The Morgan fingerprint density at radius 1 is 1.33 bits per heavy atom. The van der Waals surface area contributed by atoms with Crippen LogP contribution in [0.2, 0.25) is 0 Å². The first kappa shape index (κ1) is 14.2. The summed E-state index contributed by atoms with van der Waals surface area (Å²) in [6.45, 7) is 4.50. The van der Waals surface area contributed by atoms with Crippen LogP contribution >= 0.6 is 0 Å². The molecule has 1 aromatic heterocycles. The molecule has 0 radical (unpaired) electrons. The lowest BCUT2D eigenvalue weighted by Crippen LogP contribution is -2.27. The van der Waals surface area contributed by atoms with Crippen molar-refractivity contribution >= 4 is 0 Å². The van der Waals surface area contributed by atoms with E-state index < -0.39 is 0 Å². The summed E-state index contributed by atoms with van der Waals surface area (Å²) in [7, 11) is 0. The Bertz CT molecular complexity index is 598. The SMILES string of the molecule is CC1CC(CN)CN1Cc1nnc(-c2ccc(F)cc2)o1. The molecule has 2 unspecified atom stereocenters. The number of nitrogens with zero attached hydrogens (tertiary/aromatic N) is 3. The third-order valence-corrected chi connectivity index (χ3v) is 4.02. The van der Waals surface area contributed by atoms with Crippen LogP contribution in [-0.2, 0) is 6.54 Å². The van der Waals surface area contributed by atoms with E-state index in [1.165, 1.54) is 12.1 Å². The molecule has 3 rings (SSSR count). The van der Waals surface area contributed by atoms with Crippen molar-refractivity contribution in [3.8, 4) is 11.5 Å². The van der Waals surface area contributed by atoms with Crippen molar-refractivity contribution in [1.82, 2.24) is 15.1 Å². The molecule has 0 saturated carbocycles. The van der Waals surface area contributed by atoms with Crippen LogP contribution in [0.4, 0.5) is 4.39 Å². The fourth-order valence-corrected chi connectivity index (χ4v) is 2.81. The first-order valence-electron chi connectivity index (χ1n) is 7.18. The number of halogens is 1. The van der Waals surface area contributed by atoms with Crippen molar-refractivity contribution in [3.05, 3.63) is 36.0 Å². The normalized spacial score (nSPS) is 22.8. The molecule has 1 aliphatic heterocycles. The van der Waals surface area contributed by atoms with Crippen molar-refractivity contribution in [2.24, 2.45) is 11.7 Å². The minimum Gasteiger partial charge on any atom is -0.419 e. The minimum atomic E-state index is -0.280. The first-order chi connectivity index (χ1) is 10.2. The van der Waals surface area contributed by atoms with Gasteiger partial charge in [-0.05, 0) is 50.1 Å². The van der Waals surface area contributed by atoms with Crippen LogP contribution in [0.1, 0.15) is 19.2 Å². The Balaban J connectivity index is 1.69. The largest absolute Gasteiger partial charge is 0.419 e. The summed E-state index contributed by atoms with van der Waals surface area (Å²) in [6.07, 6.45) is 1.11. The number of nitrogens with two attached hydrogens (primary N) is 1. The molecule has 0 bridgehead atoms. The highest BCUT2D eigenvalue weighted by Gasteiger charge is 2.29. The molecule has 1 fully saturated rings. The molecule has 5 nitrogen and oxygen atoms in total. The van der Waals surface area contributed by atoms with Crippen molar-refractivity contribution in [3.63, 3.8) is 0 Å². The molecular formula is C15H19FN4O. The average molecular weight is 290 g/mol. The number of benzene rings is 1. The number of likely N-dealkylation sites (tertiary alicyclic amines) is 1. The smallest absolute Gasteiger partial charge is 0.247 e. The molecular weight excluding hydrogens is 271 g/mol. The van der Waals surface area contributed by atoms with E-state index in [0.29, 0.717) is 36.8 Å². The lowest BCUT2D eigenvalue weighted by atomic mass is 10.1. The quantitative estimate of drug-likeness (QED) is 0.933. The zero-order valence-electron chi connectivity index (χ0n) is 12.0. The van der Waals surface area contributed by atoms with Gasteiger partial charge in [0, 0.05) is 18.2 Å². The van der Waals surface area contributed by atoms with E-state index in [4.69, 9.17) is 10.2 Å². The van der Waals surface area contributed by atoms with E-state index in [0.717, 1.165) is 18.5 Å². The van der Waals surface area contributed by atoms with E-state index in [1.807, 2.05) is 0 Å². The van der Waals surface area contributed by atoms with E-state index in [1.54, 1.807) is 12.1 Å². The highest BCUT2D eigenvalue weighted by molar-refractivity contribution is 5.51. The van der Waals surface area contributed by atoms with Gasteiger partial charge in [0.1, 0.15) is 5.82 Å². The number of aromatic nitrogens is 2. The van der Waals surface area contributed by atoms with E-state index in [2.05, 4.69) is 22.0 Å². The summed E-state index contributed by atoms with van der Waals surface area (Å²) in [5.41, 5.74) is 6.46. The van der Waals surface area contributed by atoms with Gasteiger partial charge in [-0.3, -0.25) is 4.90 Å². The highest BCUT2D eigenvalue weighted by Crippen LogP contribution is 2.25. The maximum Gasteiger partial charge on any atom is 0.247 e. The monoisotopic (exact) mass is 290 g/mol. The molecule has 2 atom stereocenters. The fraction of sp³-hybridized carbons (Fsp3) is 0.467. The average Bonchev–Trinajstić information content (AvgIpc) is 3.08. The number of rotatable bonds is 4. The van der Waals surface area contributed by atoms with E-state index in [-0.39, 0.29) is 5.82 Å². The molecule has 0 amide bonds. The van der Waals surface area contributed by atoms with Crippen LogP contribution in [-0.4, -0.2) is 34.2 Å².